The molecule has 0 saturated carbocycles. The summed E-state index contributed by atoms with van der Waals surface area (Å²) >= 11 is 0. The second kappa shape index (κ2) is 7.65. The molecule has 3 rings (SSSR count). The van der Waals surface area contributed by atoms with E-state index in [1.165, 1.54) is 12.1 Å². The van der Waals surface area contributed by atoms with E-state index < -0.39 is 17.8 Å². The summed E-state index contributed by atoms with van der Waals surface area (Å²) in [7, 11) is 0. The monoisotopic (exact) mass is 394 g/mol. The molecule has 1 saturated heterocycles. The number of hydrogen-bond acceptors (Lipinski definition) is 4. The fraction of sp³-hybridized carbons (Fsp3) is 0.421. The first-order valence-corrected chi connectivity index (χ1v) is 8.94. The Balaban J connectivity index is 1.67. The predicted octanol–water partition coefficient (Wildman–Crippen LogP) is 2.48. The largest absolute Gasteiger partial charge is 0.416 e. The molecule has 150 valence electrons. The van der Waals surface area contributed by atoms with Crippen LogP contribution in [0.1, 0.15) is 24.2 Å². The molecule has 0 spiro atoms. The van der Waals surface area contributed by atoms with Gasteiger partial charge in [-0.1, -0.05) is 6.07 Å². The maximum Gasteiger partial charge on any atom is 0.416 e. The van der Waals surface area contributed by atoms with Crippen LogP contribution in [0, 0.1) is 6.92 Å². The average Bonchev–Trinajstić information content (AvgIpc) is 2.68. The Morgan fingerprint density at radius 2 is 1.79 bits per heavy atom. The van der Waals surface area contributed by atoms with Gasteiger partial charge in [0.2, 0.25) is 5.91 Å². The van der Waals surface area contributed by atoms with Gasteiger partial charge in [-0.3, -0.25) is 9.59 Å². The van der Waals surface area contributed by atoms with Crippen LogP contribution in [0.3, 0.4) is 0 Å². The molecular formula is C19H21F3N4O2. The minimum absolute atomic E-state index is 0.233. The van der Waals surface area contributed by atoms with Crippen molar-refractivity contribution in [1.82, 2.24) is 14.7 Å². The van der Waals surface area contributed by atoms with E-state index in [2.05, 4.69) is 5.10 Å². The van der Waals surface area contributed by atoms with Crippen LogP contribution in [0.2, 0.25) is 0 Å². The SMILES string of the molecule is Cc1ccc(=O)n(C(C)C(=O)N2CCN(c3cccc(C(F)(F)F)c3)CC2)n1. The lowest BCUT2D eigenvalue weighted by atomic mass is 10.1. The van der Waals surface area contributed by atoms with Crippen LogP contribution in [-0.4, -0.2) is 46.8 Å². The van der Waals surface area contributed by atoms with Crippen LogP contribution < -0.4 is 10.5 Å². The third kappa shape index (κ3) is 4.18. The summed E-state index contributed by atoms with van der Waals surface area (Å²) in [6, 6.07) is 7.39. The van der Waals surface area contributed by atoms with E-state index in [0.29, 0.717) is 37.6 Å². The fourth-order valence-electron chi connectivity index (χ4n) is 3.23. The van der Waals surface area contributed by atoms with E-state index in [-0.39, 0.29) is 11.5 Å². The van der Waals surface area contributed by atoms with Gasteiger partial charge in [0.25, 0.3) is 5.56 Å². The molecule has 1 unspecified atom stereocenters. The summed E-state index contributed by atoms with van der Waals surface area (Å²) in [4.78, 5) is 28.2. The molecule has 1 aliphatic rings. The van der Waals surface area contributed by atoms with Crippen molar-refractivity contribution in [1.29, 1.82) is 0 Å². The molecule has 1 aliphatic heterocycles. The minimum Gasteiger partial charge on any atom is -0.368 e. The Morgan fingerprint density at radius 1 is 1.11 bits per heavy atom. The molecule has 1 aromatic carbocycles. The smallest absolute Gasteiger partial charge is 0.368 e. The highest BCUT2D eigenvalue weighted by molar-refractivity contribution is 5.80. The molecule has 0 aliphatic carbocycles. The highest BCUT2D eigenvalue weighted by atomic mass is 19.4. The van der Waals surface area contributed by atoms with Gasteiger partial charge in [0, 0.05) is 37.9 Å². The lowest BCUT2D eigenvalue weighted by Crippen LogP contribution is -2.51. The molecule has 1 amide bonds. The summed E-state index contributed by atoms with van der Waals surface area (Å²) in [6.07, 6.45) is -4.39. The molecule has 1 atom stereocenters. The Hall–Kier alpha value is -2.84. The highest BCUT2D eigenvalue weighted by Gasteiger charge is 2.32. The number of amides is 1. The number of carbonyl (C=O) groups is 1. The molecule has 0 radical (unpaired) electrons. The number of piperazine rings is 1. The number of hydrogen-bond donors (Lipinski definition) is 0. The topological polar surface area (TPSA) is 58.4 Å². The Bertz CT molecular complexity index is 918. The molecule has 1 aromatic heterocycles. The molecule has 0 bridgehead atoms. The van der Waals surface area contributed by atoms with Gasteiger partial charge in [-0.15, -0.1) is 0 Å². The fourth-order valence-corrected chi connectivity index (χ4v) is 3.23. The van der Waals surface area contributed by atoms with Crippen molar-refractivity contribution in [3.63, 3.8) is 0 Å². The van der Waals surface area contributed by atoms with Crippen LogP contribution in [-0.2, 0) is 11.0 Å². The van der Waals surface area contributed by atoms with E-state index in [0.717, 1.165) is 16.8 Å². The maximum atomic E-state index is 12.9. The van der Waals surface area contributed by atoms with Crippen molar-refractivity contribution in [2.24, 2.45) is 0 Å². The molecule has 1 fully saturated rings. The van der Waals surface area contributed by atoms with Gasteiger partial charge >= 0.3 is 6.18 Å². The van der Waals surface area contributed by atoms with Gasteiger partial charge in [0.15, 0.2) is 0 Å². The van der Waals surface area contributed by atoms with Gasteiger partial charge in [0.05, 0.1) is 11.3 Å². The number of halogens is 3. The number of benzene rings is 1. The molecule has 9 heteroatoms. The van der Waals surface area contributed by atoms with E-state index in [4.69, 9.17) is 0 Å². The van der Waals surface area contributed by atoms with E-state index >= 15 is 0 Å². The van der Waals surface area contributed by atoms with E-state index in [9.17, 15) is 22.8 Å². The molecule has 0 N–H and O–H groups in total. The number of anilines is 1. The number of aromatic nitrogens is 2. The van der Waals surface area contributed by atoms with Crippen LogP contribution in [0.4, 0.5) is 18.9 Å². The number of rotatable bonds is 3. The maximum absolute atomic E-state index is 12.9. The third-order valence-electron chi connectivity index (χ3n) is 4.81. The van der Waals surface area contributed by atoms with Crippen LogP contribution in [0.5, 0.6) is 0 Å². The van der Waals surface area contributed by atoms with Gasteiger partial charge in [0.1, 0.15) is 6.04 Å². The minimum atomic E-state index is -4.39. The summed E-state index contributed by atoms with van der Waals surface area (Å²) in [5.41, 5.74) is 0.0660. The van der Waals surface area contributed by atoms with Crippen molar-refractivity contribution in [2.75, 3.05) is 31.1 Å². The van der Waals surface area contributed by atoms with Gasteiger partial charge in [-0.25, -0.2) is 4.68 Å². The number of alkyl halides is 3. The Labute approximate surface area is 160 Å². The Morgan fingerprint density at radius 3 is 2.43 bits per heavy atom. The second-order valence-electron chi connectivity index (χ2n) is 6.79. The van der Waals surface area contributed by atoms with Crippen molar-refractivity contribution in [3.05, 3.63) is 58.0 Å². The lowest BCUT2D eigenvalue weighted by molar-refractivity contribution is -0.137. The number of carbonyl (C=O) groups excluding carboxylic acids is 1. The first-order chi connectivity index (χ1) is 13.2. The zero-order valence-corrected chi connectivity index (χ0v) is 15.6. The van der Waals surface area contributed by atoms with Gasteiger partial charge < -0.3 is 9.80 Å². The summed E-state index contributed by atoms with van der Waals surface area (Å²) < 4.78 is 39.9. The van der Waals surface area contributed by atoms with Crippen LogP contribution in [0.15, 0.2) is 41.2 Å². The normalized spacial score (nSPS) is 16.2. The number of nitrogens with zero attached hydrogens (tertiary/aromatic N) is 4. The van der Waals surface area contributed by atoms with Gasteiger partial charge in [-0.2, -0.15) is 18.3 Å². The molecule has 28 heavy (non-hydrogen) atoms. The van der Waals surface area contributed by atoms with Crippen molar-refractivity contribution in [3.8, 4) is 0 Å². The molecule has 2 heterocycles. The lowest BCUT2D eigenvalue weighted by Gasteiger charge is -2.37. The first kappa shape index (κ1) is 19.9. The average molecular weight is 394 g/mol. The summed E-state index contributed by atoms with van der Waals surface area (Å²) in [5, 5.41) is 4.12. The zero-order valence-electron chi connectivity index (χ0n) is 15.6. The van der Waals surface area contributed by atoms with Crippen molar-refractivity contribution in [2.45, 2.75) is 26.1 Å². The quantitative estimate of drug-likeness (QED) is 0.803. The number of aryl methyl sites for hydroxylation is 1. The molecular weight excluding hydrogens is 373 g/mol. The highest BCUT2D eigenvalue weighted by Crippen LogP contribution is 2.31. The standard InChI is InChI=1S/C19H21F3N4O2/c1-13-6-7-17(27)26(23-13)14(2)18(28)25-10-8-24(9-11-25)16-5-3-4-15(12-16)19(20,21)22/h3-7,12,14H,8-11H2,1-2H3. The van der Waals surface area contributed by atoms with Crippen LogP contribution >= 0.6 is 0 Å². The first-order valence-electron chi connectivity index (χ1n) is 8.94. The summed E-state index contributed by atoms with van der Waals surface area (Å²) in [6.45, 7) is 4.90. The van der Waals surface area contributed by atoms with Crippen molar-refractivity contribution < 1.29 is 18.0 Å². The van der Waals surface area contributed by atoms with Crippen LogP contribution in [0.25, 0.3) is 0 Å². The van der Waals surface area contributed by atoms with E-state index in [1.54, 1.807) is 30.9 Å². The van der Waals surface area contributed by atoms with E-state index in [1.807, 2.05) is 4.90 Å². The van der Waals surface area contributed by atoms with Gasteiger partial charge in [-0.05, 0) is 38.1 Å². The predicted molar refractivity (Wildman–Crippen MR) is 98.2 cm³/mol. The van der Waals surface area contributed by atoms with Crippen molar-refractivity contribution >= 4 is 11.6 Å². The molecule has 6 nitrogen and oxygen atoms in total. The second-order valence-corrected chi connectivity index (χ2v) is 6.79. The zero-order chi connectivity index (χ0) is 20.5. The third-order valence-corrected chi connectivity index (χ3v) is 4.81. The Kier molecular flexibility index (Phi) is 5.44. The molecule has 2 aromatic rings. The summed E-state index contributed by atoms with van der Waals surface area (Å²) in [5.74, 6) is -0.233.